The van der Waals surface area contributed by atoms with E-state index in [0.29, 0.717) is 23.5 Å². The second-order valence-corrected chi connectivity index (χ2v) is 4.23. The first-order chi connectivity index (χ1) is 9.74. The van der Waals surface area contributed by atoms with Gasteiger partial charge in [-0.15, -0.1) is 0 Å². The minimum absolute atomic E-state index is 0.203. The number of halogens is 1. The van der Waals surface area contributed by atoms with Gasteiger partial charge in [0.05, 0.1) is 25.9 Å². The van der Waals surface area contributed by atoms with Gasteiger partial charge < -0.3 is 9.47 Å². The van der Waals surface area contributed by atoms with E-state index in [1.165, 1.54) is 13.2 Å². The fourth-order valence-electron chi connectivity index (χ4n) is 1.81. The number of benzene rings is 2. The number of nitriles is 1. The quantitative estimate of drug-likeness (QED) is 0.836. The first-order valence-corrected chi connectivity index (χ1v) is 6.12. The van der Waals surface area contributed by atoms with E-state index in [0.717, 1.165) is 5.56 Å². The van der Waals surface area contributed by atoms with E-state index in [2.05, 4.69) is 0 Å². The zero-order valence-corrected chi connectivity index (χ0v) is 11.1. The molecule has 0 spiro atoms. The molecule has 0 saturated heterocycles. The zero-order valence-electron chi connectivity index (χ0n) is 11.1. The average molecular weight is 271 g/mol. The van der Waals surface area contributed by atoms with Crippen LogP contribution in [0, 0.1) is 17.1 Å². The Hall–Kier alpha value is -2.38. The van der Waals surface area contributed by atoms with Crippen LogP contribution < -0.4 is 4.74 Å². The topological polar surface area (TPSA) is 42.2 Å². The molecule has 0 bridgehead atoms. The monoisotopic (exact) mass is 271 g/mol. The minimum Gasteiger partial charge on any atom is -0.495 e. The van der Waals surface area contributed by atoms with Gasteiger partial charge in [0, 0.05) is 5.56 Å². The molecule has 0 radical (unpaired) electrons. The molecule has 0 atom stereocenters. The van der Waals surface area contributed by atoms with Gasteiger partial charge in [0.2, 0.25) is 0 Å². The molecule has 102 valence electrons. The van der Waals surface area contributed by atoms with E-state index in [-0.39, 0.29) is 12.4 Å². The molecule has 3 nitrogen and oxygen atoms in total. The highest BCUT2D eigenvalue weighted by Gasteiger charge is 2.05. The molecule has 0 aliphatic carbocycles. The maximum atomic E-state index is 13.4. The largest absolute Gasteiger partial charge is 0.495 e. The molecule has 0 unspecified atom stereocenters. The van der Waals surface area contributed by atoms with Gasteiger partial charge >= 0.3 is 0 Å². The fraction of sp³-hybridized carbons (Fsp3) is 0.188. The van der Waals surface area contributed by atoms with Gasteiger partial charge in [0.25, 0.3) is 0 Å². The van der Waals surface area contributed by atoms with Crippen LogP contribution in [0.3, 0.4) is 0 Å². The Kier molecular flexibility index (Phi) is 4.70. The number of ether oxygens (including phenoxy) is 2. The maximum Gasteiger partial charge on any atom is 0.136 e. The van der Waals surface area contributed by atoms with E-state index in [1.54, 1.807) is 36.4 Å². The van der Waals surface area contributed by atoms with Crippen molar-refractivity contribution in [3.8, 4) is 11.8 Å². The molecule has 20 heavy (non-hydrogen) atoms. The van der Waals surface area contributed by atoms with Crippen molar-refractivity contribution >= 4 is 0 Å². The molecule has 0 aromatic heterocycles. The Morgan fingerprint density at radius 1 is 1.15 bits per heavy atom. The van der Waals surface area contributed by atoms with Crippen LogP contribution in [-0.2, 0) is 18.0 Å². The molecular formula is C16H14FNO2. The van der Waals surface area contributed by atoms with Crippen LogP contribution in [0.2, 0.25) is 0 Å². The number of nitrogens with zero attached hydrogens (tertiary/aromatic N) is 1. The van der Waals surface area contributed by atoms with E-state index < -0.39 is 0 Å². The molecule has 0 saturated carbocycles. The molecule has 0 N–H and O–H groups in total. The average Bonchev–Trinajstić information content (AvgIpc) is 2.49. The SMILES string of the molecule is COc1cc(COCc2ccccc2F)ccc1C#N. The van der Waals surface area contributed by atoms with Crippen molar-refractivity contribution in [1.82, 2.24) is 0 Å². The van der Waals surface area contributed by atoms with Crippen LogP contribution in [0.1, 0.15) is 16.7 Å². The van der Waals surface area contributed by atoms with Gasteiger partial charge in [-0.05, 0) is 23.8 Å². The van der Waals surface area contributed by atoms with Crippen molar-refractivity contribution in [2.75, 3.05) is 7.11 Å². The molecule has 4 heteroatoms. The first-order valence-electron chi connectivity index (χ1n) is 6.12. The highest BCUT2D eigenvalue weighted by atomic mass is 19.1. The van der Waals surface area contributed by atoms with Crippen molar-refractivity contribution in [2.45, 2.75) is 13.2 Å². The summed E-state index contributed by atoms with van der Waals surface area (Å²) in [4.78, 5) is 0. The lowest BCUT2D eigenvalue weighted by Gasteiger charge is -2.08. The fourth-order valence-corrected chi connectivity index (χ4v) is 1.81. The van der Waals surface area contributed by atoms with Crippen LogP contribution in [0.4, 0.5) is 4.39 Å². The summed E-state index contributed by atoms with van der Waals surface area (Å²) in [6, 6.07) is 13.8. The van der Waals surface area contributed by atoms with Crippen molar-refractivity contribution in [3.05, 3.63) is 65.0 Å². The standard InChI is InChI=1S/C16H14FNO2/c1-19-16-8-12(6-7-13(16)9-18)10-20-11-14-4-2-3-5-15(14)17/h2-8H,10-11H2,1H3. The molecule has 0 amide bonds. The lowest BCUT2D eigenvalue weighted by Crippen LogP contribution is -1.98. The predicted octanol–water partition coefficient (Wildman–Crippen LogP) is 3.42. The van der Waals surface area contributed by atoms with Crippen LogP contribution >= 0.6 is 0 Å². The highest BCUT2D eigenvalue weighted by molar-refractivity contribution is 5.45. The Morgan fingerprint density at radius 2 is 1.95 bits per heavy atom. The number of methoxy groups -OCH3 is 1. The third-order valence-electron chi connectivity index (χ3n) is 2.87. The highest BCUT2D eigenvalue weighted by Crippen LogP contribution is 2.20. The molecule has 0 aliphatic heterocycles. The second kappa shape index (κ2) is 6.69. The van der Waals surface area contributed by atoms with Gasteiger partial charge in [0.15, 0.2) is 0 Å². The summed E-state index contributed by atoms with van der Waals surface area (Å²) in [5.41, 5.74) is 1.87. The maximum absolute atomic E-state index is 13.4. The summed E-state index contributed by atoms with van der Waals surface area (Å²) in [5, 5.41) is 8.89. The van der Waals surface area contributed by atoms with E-state index in [9.17, 15) is 4.39 Å². The molecule has 2 aromatic rings. The Morgan fingerprint density at radius 3 is 2.65 bits per heavy atom. The van der Waals surface area contributed by atoms with Gasteiger partial charge in [-0.1, -0.05) is 24.3 Å². The molecule has 2 aromatic carbocycles. The predicted molar refractivity (Wildman–Crippen MR) is 72.6 cm³/mol. The normalized spacial score (nSPS) is 10.1. The zero-order chi connectivity index (χ0) is 14.4. The summed E-state index contributed by atoms with van der Waals surface area (Å²) in [7, 11) is 1.51. The van der Waals surface area contributed by atoms with Crippen molar-refractivity contribution < 1.29 is 13.9 Å². The number of rotatable bonds is 5. The first kappa shape index (κ1) is 14.0. The van der Waals surface area contributed by atoms with Gasteiger partial charge in [-0.2, -0.15) is 5.26 Å². The van der Waals surface area contributed by atoms with Gasteiger partial charge in [0.1, 0.15) is 17.6 Å². The Balaban J connectivity index is 1.98. The molecule has 0 fully saturated rings. The van der Waals surface area contributed by atoms with Crippen molar-refractivity contribution in [1.29, 1.82) is 5.26 Å². The van der Waals surface area contributed by atoms with E-state index in [4.69, 9.17) is 14.7 Å². The van der Waals surface area contributed by atoms with Crippen LogP contribution in [-0.4, -0.2) is 7.11 Å². The smallest absolute Gasteiger partial charge is 0.136 e. The van der Waals surface area contributed by atoms with Gasteiger partial charge in [-0.3, -0.25) is 0 Å². The van der Waals surface area contributed by atoms with E-state index in [1.807, 2.05) is 6.07 Å². The van der Waals surface area contributed by atoms with Crippen LogP contribution in [0.25, 0.3) is 0 Å². The van der Waals surface area contributed by atoms with Crippen LogP contribution in [0.5, 0.6) is 5.75 Å². The molecule has 2 rings (SSSR count). The molecular weight excluding hydrogens is 257 g/mol. The minimum atomic E-state index is -0.273. The second-order valence-electron chi connectivity index (χ2n) is 4.23. The summed E-state index contributed by atoms with van der Waals surface area (Å²) in [5.74, 6) is 0.240. The third kappa shape index (κ3) is 3.34. The van der Waals surface area contributed by atoms with Crippen molar-refractivity contribution in [3.63, 3.8) is 0 Å². The third-order valence-corrected chi connectivity index (χ3v) is 2.87. The Bertz CT molecular complexity index is 635. The summed E-state index contributed by atoms with van der Waals surface area (Å²) < 4.78 is 24.0. The van der Waals surface area contributed by atoms with Crippen LogP contribution in [0.15, 0.2) is 42.5 Å². The summed E-state index contributed by atoms with van der Waals surface area (Å²) in [6.07, 6.45) is 0. The number of hydrogen-bond acceptors (Lipinski definition) is 3. The Labute approximate surface area is 117 Å². The summed E-state index contributed by atoms with van der Waals surface area (Å²) in [6.45, 7) is 0.533. The lowest BCUT2D eigenvalue weighted by atomic mass is 10.1. The van der Waals surface area contributed by atoms with Gasteiger partial charge in [-0.25, -0.2) is 4.39 Å². The number of hydrogen-bond donors (Lipinski definition) is 0. The van der Waals surface area contributed by atoms with E-state index >= 15 is 0 Å². The molecule has 0 aliphatic rings. The lowest BCUT2D eigenvalue weighted by molar-refractivity contribution is 0.104. The van der Waals surface area contributed by atoms with Crippen molar-refractivity contribution in [2.24, 2.45) is 0 Å². The molecule has 0 heterocycles. The summed E-state index contributed by atoms with van der Waals surface area (Å²) >= 11 is 0.